The molecule has 1 heterocycles. The van der Waals surface area contributed by atoms with Gasteiger partial charge in [0.25, 0.3) is 5.91 Å². The lowest BCUT2D eigenvalue weighted by atomic mass is 10.1. The van der Waals surface area contributed by atoms with Crippen LogP contribution in [0.2, 0.25) is 0 Å². The predicted molar refractivity (Wildman–Crippen MR) is 108 cm³/mol. The Kier molecular flexibility index (Phi) is 5.08. The van der Waals surface area contributed by atoms with Crippen molar-refractivity contribution < 1.29 is 9.53 Å². The van der Waals surface area contributed by atoms with Crippen molar-refractivity contribution in [2.24, 2.45) is 0 Å². The SMILES string of the molecule is COc1ccc(Br)cc1C=C1SC(=S)N(c2cccc(C)c2)C1=O. The second-order valence-electron chi connectivity index (χ2n) is 5.24. The molecule has 2 aromatic rings. The molecule has 6 heteroatoms. The Morgan fingerprint density at radius 3 is 2.75 bits per heavy atom. The van der Waals surface area contributed by atoms with Crippen LogP contribution in [0.3, 0.4) is 0 Å². The predicted octanol–water partition coefficient (Wildman–Crippen LogP) is 5.17. The molecule has 0 aliphatic carbocycles. The fourth-order valence-corrected chi connectivity index (χ4v) is 4.09. The highest BCUT2D eigenvalue weighted by Gasteiger charge is 2.33. The van der Waals surface area contributed by atoms with Gasteiger partial charge in [-0.15, -0.1) is 0 Å². The summed E-state index contributed by atoms with van der Waals surface area (Å²) in [6.07, 6.45) is 1.82. The van der Waals surface area contributed by atoms with Crippen LogP contribution in [0.25, 0.3) is 6.08 Å². The lowest BCUT2D eigenvalue weighted by molar-refractivity contribution is -0.113. The monoisotopic (exact) mass is 419 g/mol. The second-order valence-corrected chi connectivity index (χ2v) is 7.83. The maximum Gasteiger partial charge on any atom is 0.270 e. The minimum absolute atomic E-state index is 0.113. The quantitative estimate of drug-likeness (QED) is 0.506. The lowest BCUT2D eigenvalue weighted by Crippen LogP contribution is -2.27. The van der Waals surface area contributed by atoms with Gasteiger partial charge in [-0.2, -0.15) is 0 Å². The number of benzene rings is 2. The fourth-order valence-electron chi connectivity index (χ4n) is 2.42. The molecule has 3 nitrogen and oxygen atoms in total. The third-order valence-electron chi connectivity index (χ3n) is 3.53. The van der Waals surface area contributed by atoms with Gasteiger partial charge < -0.3 is 4.74 Å². The van der Waals surface area contributed by atoms with Crippen LogP contribution in [0.5, 0.6) is 5.75 Å². The molecular formula is C18H14BrNO2S2. The minimum Gasteiger partial charge on any atom is -0.496 e. The smallest absolute Gasteiger partial charge is 0.270 e. The number of hydrogen-bond acceptors (Lipinski definition) is 4. The van der Waals surface area contributed by atoms with Gasteiger partial charge in [-0.25, -0.2) is 0 Å². The maximum atomic E-state index is 12.8. The van der Waals surface area contributed by atoms with Crippen molar-refractivity contribution >= 4 is 61.9 Å². The summed E-state index contributed by atoms with van der Waals surface area (Å²) >= 11 is 10.2. The summed E-state index contributed by atoms with van der Waals surface area (Å²) in [5, 5.41) is 0. The van der Waals surface area contributed by atoms with Crippen molar-refractivity contribution in [2.45, 2.75) is 6.92 Å². The zero-order valence-electron chi connectivity index (χ0n) is 13.1. The molecule has 0 spiro atoms. The van der Waals surface area contributed by atoms with Gasteiger partial charge in [0.1, 0.15) is 5.75 Å². The van der Waals surface area contributed by atoms with E-state index in [0.717, 1.165) is 21.3 Å². The van der Waals surface area contributed by atoms with Crippen LogP contribution < -0.4 is 9.64 Å². The third kappa shape index (κ3) is 3.41. The Hall–Kier alpha value is -1.63. The molecule has 2 aromatic carbocycles. The van der Waals surface area contributed by atoms with Crippen LogP contribution in [-0.2, 0) is 4.79 Å². The summed E-state index contributed by atoms with van der Waals surface area (Å²) in [5.74, 6) is 0.594. The summed E-state index contributed by atoms with van der Waals surface area (Å²) in [4.78, 5) is 15.0. The number of rotatable bonds is 3. The number of thioether (sulfide) groups is 1. The average molecular weight is 420 g/mol. The number of carbonyl (C=O) groups is 1. The summed E-state index contributed by atoms with van der Waals surface area (Å²) < 4.78 is 6.82. The van der Waals surface area contributed by atoms with Gasteiger partial charge >= 0.3 is 0 Å². The highest BCUT2D eigenvalue weighted by molar-refractivity contribution is 9.10. The summed E-state index contributed by atoms with van der Waals surface area (Å²) in [6.45, 7) is 1.99. The Morgan fingerprint density at radius 2 is 2.04 bits per heavy atom. The first kappa shape index (κ1) is 17.2. The molecule has 24 heavy (non-hydrogen) atoms. The van der Waals surface area contributed by atoms with Gasteiger partial charge in [0.05, 0.1) is 17.7 Å². The number of aryl methyl sites for hydroxylation is 1. The largest absolute Gasteiger partial charge is 0.496 e. The molecule has 1 amide bonds. The highest BCUT2D eigenvalue weighted by Crippen LogP contribution is 2.37. The van der Waals surface area contributed by atoms with Crippen molar-refractivity contribution in [3.8, 4) is 5.75 Å². The van der Waals surface area contributed by atoms with E-state index in [0.29, 0.717) is 15.0 Å². The highest BCUT2D eigenvalue weighted by atomic mass is 79.9. The van der Waals surface area contributed by atoms with Crippen molar-refractivity contribution in [3.05, 3.63) is 63.0 Å². The second kappa shape index (κ2) is 7.09. The Morgan fingerprint density at radius 1 is 1.25 bits per heavy atom. The molecule has 1 fully saturated rings. The van der Waals surface area contributed by atoms with E-state index in [9.17, 15) is 4.79 Å². The minimum atomic E-state index is -0.113. The van der Waals surface area contributed by atoms with E-state index in [2.05, 4.69) is 15.9 Å². The topological polar surface area (TPSA) is 29.5 Å². The van der Waals surface area contributed by atoms with E-state index < -0.39 is 0 Å². The number of halogens is 1. The number of carbonyl (C=O) groups excluding carboxylic acids is 1. The number of methoxy groups -OCH3 is 1. The first-order valence-corrected chi connectivity index (χ1v) is 9.19. The molecule has 0 atom stereocenters. The van der Waals surface area contributed by atoms with E-state index >= 15 is 0 Å². The van der Waals surface area contributed by atoms with Crippen molar-refractivity contribution in [2.75, 3.05) is 12.0 Å². The van der Waals surface area contributed by atoms with Crippen LogP contribution in [0, 0.1) is 6.92 Å². The van der Waals surface area contributed by atoms with Crippen molar-refractivity contribution in [1.82, 2.24) is 0 Å². The summed E-state index contributed by atoms with van der Waals surface area (Å²) in [7, 11) is 1.61. The van der Waals surface area contributed by atoms with Gasteiger partial charge in [-0.05, 0) is 48.9 Å². The van der Waals surface area contributed by atoms with E-state index in [1.54, 1.807) is 12.0 Å². The summed E-state index contributed by atoms with van der Waals surface area (Å²) in [6, 6.07) is 13.4. The molecule has 0 aromatic heterocycles. The molecule has 1 aliphatic heterocycles. The molecule has 0 bridgehead atoms. The number of ether oxygens (including phenoxy) is 1. The number of nitrogens with zero attached hydrogens (tertiary/aromatic N) is 1. The van der Waals surface area contributed by atoms with Crippen molar-refractivity contribution in [3.63, 3.8) is 0 Å². The van der Waals surface area contributed by atoms with Gasteiger partial charge in [0.2, 0.25) is 0 Å². The van der Waals surface area contributed by atoms with E-state index in [-0.39, 0.29) is 5.91 Å². The Labute approximate surface area is 158 Å². The van der Waals surface area contributed by atoms with Gasteiger partial charge in [-0.3, -0.25) is 9.69 Å². The van der Waals surface area contributed by atoms with Gasteiger partial charge in [-0.1, -0.05) is 52.0 Å². The van der Waals surface area contributed by atoms with Crippen LogP contribution in [0.1, 0.15) is 11.1 Å². The zero-order valence-corrected chi connectivity index (χ0v) is 16.3. The molecular weight excluding hydrogens is 406 g/mol. The zero-order chi connectivity index (χ0) is 17.3. The number of amides is 1. The normalized spacial score (nSPS) is 16.1. The molecule has 1 aliphatic rings. The first-order chi connectivity index (χ1) is 11.5. The fraction of sp³-hybridized carbons (Fsp3) is 0.111. The third-order valence-corrected chi connectivity index (χ3v) is 5.33. The van der Waals surface area contributed by atoms with Crippen molar-refractivity contribution in [1.29, 1.82) is 0 Å². The molecule has 1 saturated heterocycles. The lowest BCUT2D eigenvalue weighted by Gasteiger charge is -2.14. The van der Waals surface area contributed by atoms with E-state index in [1.807, 2.05) is 55.5 Å². The molecule has 0 unspecified atom stereocenters. The van der Waals surface area contributed by atoms with Crippen LogP contribution in [-0.4, -0.2) is 17.3 Å². The average Bonchev–Trinajstić information content (AvgIpc) is 2.81. The van der Waals surface area contributed by atoms with Gasteiger partial charge in [0.15, 0.2) is 4.32 Å². The first-order valence-electron chi connectivity index (χ1n) is 7.18. The Balaban J connectivity index is 1.99. The van der Waals surface area contributed by atoms with Crippen LogP contribution >= 0.6 is 39.9 Å². The number of hydrogen-bond donors (Lipinski definition) is 0. The molecule has 0 saturated carbocycles. The number of thiocarbonyl (C=S) groups is 1. The van der Waals surface area contributed by atoms with Crippen LogP contribution in [0.15, 0.2) is 51.8 Å². The van der Waals surface area contributed by atoms with Gasteiger partial charge in [0, 0.05) is 10.0 Å². The van der Waals surface area contributed by atoms with E-state index in [4.69, 9.17) is 17.0 Å². The summed E-state index contributed by atoms with van der Waals surface area (Å²) in [5.41, 5.74) is 2.71. The molecule has 0 radical (unpaired) electrons. The standard InChI is InChI=1S/C18H14BrNO2S2/c1-11-4-3-5-14(8-11)20-17(21)16(24-18(20)23)10-12-9-13(19)6-7-15(12)22-2/h3-10H,1-2H3. The van der Waals surface area contributed by atoms with Crippen LogP contribution in [0.4, 0.5) is 5.69 Å². The van der Waals surface area contributed by atoms with E-state index in [1.165, 1.54) is 11.8 Å². The number of anilines is 1. The Bertz CT molecular complexity index is 864. The maximum absolute atomic E-state index is 12.8. The molecule has 0 N–H and O–H groups in total. The molecule has 122 valence electrons. The molecule has 3 rings (SSSR count).